The fourth-order valence-electron chi connectivity index (χ4n) is 4.26. The van der Waals surface area contributed by atoms with Crippen molar-refractivity contribution in [1.29, 1.82) is 0 Å². The molecule has 0 radical (unpaired) electrons. The molecule has 5 rings (SSSR count). The summed E-state index contributed by atoms with van der Waals surface area (Å²) in [4.78, 5) is 20.1. The number of rotatable bonds is 6. The van der Waals surface area contributed by atoms with Crippen LogP contribution >= 0.6 is 11.3 Å². The molecular weight excluding hydrogens is 448 g/mol. The summed E-state index contributed by atoms with van der Waals surface area (Å²) in [5.41, 5.74) is 0.266. The fraction of sp³-hybridized carbons (Fsp3) is 0.318. The maximum atomic E-state index is 14.9. The zero-order valence-corrected chi connectivity index (χ0v) is 18.6. The van der Waals surface area contributed by atoms with Gasteiger partial charge in [-0.3, -0.25) is 4.90 Å². The topological polar surface area (TPSA) is 94.7 Å². The highest BCUT2D eigenvalue weighted by Gasteiger charge is 2.44. The lowest BCUT2D eigenvalue weighted by atomic mass is 9.85. The molecule has 0 spiro atoms. The fourth-order valence-corrected chi connectivity index (χ4v) is 5.37. The zero-order chi connectivity index (χ0) is 23.0. The lowest BCUT2D eigenvalue weighted by Gasteiger charge is -2.41. The highest BCUT2D eigenvalue weighted by atomic mass is 32.1. The van der Waals surface area contributed by atoms with Gasteiger partial charge in [-0.1, -0.05) is 6.07 Å². The maximum absolute atomic E-state index is 14.9. The third-order valence-corrected chi connectivity index (χ3v) is 7.25. The average Bonchev–Trinajstić information content (AvgIpc) is 3.48. The van der Waals surface area contributed by atoms with Gasteiger partial charge in [0.25, 0.3) is 0 Å². The number of benzene rings is 1. The standard InChI is InChI=1S/C22H21F2N7OS/c1-14(22(32,10-31-13-27-12-28-31)17-3-2-16(23)6-18(17)24)30-5-4-19-20(9-30)33-21(29-19)15-7-25-11-26-8-15/h2-3,6-8,11-14,32H,4-5,9-10H2,1H3/p+1/t14-,22-/m1/s1. The molecule has 0 bridgehead atoms. The minimum Gasteiger partial charge on any atom is -0.379 e. The molecule has 0 unspecified atom stereocenters. The second kappa shape index (κ2) is 8.65. The molecular formula is C22H22F2N7OS+. The Balaban J connectivity index is 1.46. The van der Waals surface area contributed by atoms with Crippen LogP contribution in [0.5, 0.6) is 0 Å². The number of aliphatic hydroxyl groups is 1. The van der Waals surface area contributed by atoms with Crippen LogP contribution in [-0.4, -0.2) is 47.6 Å². The third kappa shape index (κ3) is 4.14. The van der Waals surface area contributed by atoms with Gasteiger partial charge < -0.3 is 5.11 Å². The van der Waals surface area contributed by atoms with Gasteiger partial charge in [-0.2, -0.15) is 9.78 Å². The first kappa shape index (κ1) is 21.7. The lowest BCUT2D eigenvalue weighted by Crippen LogP contribution is -2.58. The van der Waals surface area contributed by atoms with Crippen molar-refractivity contribution in [3.8, 4) is 10.6 Å². The van der Waals surface area contributed by atoms with Crippen molar-refractivity contribution >= 4 is 11.3 Å². The minimum atomic E-state index is -1.65. The molecule has 8 nitrogen and oxygen atoms in total. The molecule has 1 aliphatic rings. The van der Waals surface area contributed by atoms with Crippen molar-refractivity contribution in [1.82, 2.24) is 29.9 Å². The van der Waals surface area contributed by atoms with Gasteiger partial charge in [0.05, 0.1) is 5.69 Å². The van der Waals surface area contributed by atoms with E-state index >= 15 is 0 Å². The summed E-state index contributed by atoms with van der Waals surface area (Å²) in [6, 6.07) is 2.79. The van der Waals surface area contributed by atoms with E-state index in [0.29, 0.717) is 19.5 Å². The third-order valence-electron chi connectivity index (χ3n) is 6.12. The van der Waals surface area contributed by atoms with Gasteiger partial charge in [0.15, 0.2) is 0 Å². The van der Waals surface area contributed by atoms with Gasteiger partial charge in [0.1, 0.15) is 35.1 Å². The van der Waals surface area contributed by atoms with Crippen molar-refractivity contribution in [2.45, 2.75) is 38.1 Å². The summed E-state index contributed by atoms with van der Waals surface area (Å²) >= 11 is 1.57. The van der Waals surface area contributed by atoms with Gasteiger partial charge in [0.2, 0.25) is 6.33 Å². The number of fused-ring (bicyclic) bond motifs is 1. The minimum absolute atomic E-state index is 0.0232. The Labute approximate surface area is 192 Å². The molecule has 0 saturated heterocycles. The van der Waals surface area contributed by atoms with Crippen LogP contribution in [-0.2, 0) is 25.1 Å². The van der Waals surface area contributed by atoms with Gasteiger partial charge in [0, 0.05) is 60.0 Å². The molecule has 0 fully saturated rings. The number of aromatic nitrogens is 6. The Kier molecular flexibility index (Phi) is 5.69. The summed E-state index contributed by atoms with van der Waals surface area (Å²) in [6.07, 6.45) is 8.64. The van der Waals surface area contributed by atoms with Crippen LogP contribution in [0, 0.1) is 11.6 Å². The van der Waals surface area contributed by atoms with Gasteiger partial charge >= 0.3 is 6.33 Å². The lowest BCUT2D eigenvalue weighted by molar-refractivity contribution is -0.765. The highest BCUT2D eigenvalue weighted by molar-refractivity contribution is 7.15. The van der Waals surface area contributed by atoms with E-state index in [9.17, 15) is 13.9 Å². The maximum Gasteiger partial charge on any atom is 0.306 e. The first-order chi connectivity index (χ1) is 15.9. The molecule has 4 heterocycles. The van der Waals surface area contributed by atoms with Crippen LogP contribution < -0.4 is 4.68 Å². The van der Waals surface area contributed by atoms with Crippen LogP contribution in [0.25, 0.3) is 10.6 Å². The predicted molar refractivity (Wildman–Crippen MR) is 116 cm³/mol. The van der Waals surface area contributed by atoms with E-state index in [4.69, 9.17) is 4.98 Å². The number of thiazole rings is 1. The summed E-state index contributed by atoms with van der Waals surface area (Å²) in [6.45, 7) is 3.08. The second-order valence-electron chi connectivity index (χ2n) is 8.11. The Hall–Kier alpha value is -3.15. The second-order valence-corrected chi connectivity index (χ2v) is 9.20. The van der Waals surface area contributed by atoms with E-state index in [0.717, 1.165) is 27.2 Å². The summed E-state index contributed by atoms with van der Waals surface area (Å²) in [5, 5.41) is 15.6. The molecule has 1 aromatic carbocycles. The van der Waals surface area contributed by atoms with E-state index in [1.807, 2.05) is 6.92 Å². The van der Waals surface area contributed by atoms with Crippen molar-refractivity contribution in [3.05, 3.63) is 77.3 Å². The molecule has 0 aliphatic carbocycles. The average molecular weight is 471 g/mol. The van der Waals surface area contributed by atoms with Crippen molar-refractivity contribution in [3.63, 3.8) is 0 Å². The number of halogens is 2. The Morgan fingerprint density at radius 3 is 2.82 bits per heavy atom. The Morgan fingerprint density at radius 2 is 2.09 bits per heavy atom. The van der Waals surface area contributed by atoms with Crippen LogP contribution in [0.3, 0.4) is 0 Å². The number of nitrogens with zero attached hydrogens (tertiary/aromatic N) is 6. The van der Waals surface area contributed by atoms with Crippen molar-refractivity contribution in [2.75, 3.05) is 6.54 Å². The Morgan fingerprint density at radius 1 is 1.27 bits per heavy atom. The van der Waals surface area contributed by atoms with Crippen LogP contribution in [0.4, 0.5) is 8.78 Å². The van der Waals surface area contributed by atoms with Crippen molar-refractivity contribution < 1.29 is 18.6 Å². The van der Waals surface area contributed by atoms with E-state index in [1.54, 1.807) is 28.4 Å². The number of nitrogens with one attached hydrogen (secondary N) is 1. The van der Waals surface area contributed by atoms with Crippen molar-refractivity contribution in [2.24, 2.45) is 0 Å². The largest absolute Gasteiger partial charge is 0.379 e. The molecule has 11 heteroatoms. The number of aromatic amines is 1. The smallest absolute Gasteiger partial charge is 0.306 e. The Bertz CT molecular complexity index is 1250. The number of hydrogen-bond donors (Lipinski definition) is 2. The monoisotopic (exact) mass is 470 g/mol. The number of hydrogen-bond acceptors (Lipinski definition) is 7. The van der Waals surface area contributed by atoms with E-state index in [2.05, 4.69) is 25.0 Å². The molecule has 4 aromatic rings. The highest BCUT2D eigenvalue weighted by Crippen LogP contribution is 2.36. The predicted octanol–water partition coefficient (Wildman–Crippen LogP) is 2.22. The summed E-state index contributed by atoms with van der Waals surface area (Å²) < 4.78 is 30.0. The van der Waals surface area contributed by atoms with E-state index in [1.165, 1.54) is 31.1 Å². The molecule has 1 aliphatic heterocycles. The SMILES string of the molecule is C[C@@H](N1CCc2nc(-c3cncnc3)sc2C1)[C@](O)(C[n+]1cnc[nH]1)c1ccc(F)cc1F. The molecule has 170 valence electrons. The first-order valence-electron chi connectivity index (χ1n) is 10.5. The summed E-state index contributed by atoms with van der Waals surface area (Å²) in [7, 11) is 0. The van der Waals surface area contributed by atoms with Gasteiger partial charge in [-0.25, -0.2) is 23.7 Å². The molecule has 33 heavy (non-hydrogen) atoms. The molecule has 2 N–H and O–H groups in total. The van der Waals surface area contributed by atoms with Crippen LogP contribution in [0.1, 0.15) is 23.1 Å². The first-order valence-corrected chi connectivity index (χ1v) is 11.3. The van der Waals surface area contributed by atoms with Gasteiger partial charge in [-0.05, 0) is 18.0 Å². The number of H-pyrrole nitrogens is 1. The normalized spacial score (nSPS) is 16.8. The molecule has 3 aromatic heterocycles. The van der Waals surface area contributed by atoms with Crippen LogP contribution in [0.15, 0.2) is 49.6 Å². The van der Waals surface area contributed by atoms with Gasteiger partial charge in [-0.15, -0.1) is 11.3 Å². The molecule has 0 amide bonds. The van der Waals surface area contributed by atoms with E-state index in [-0.39, 0.29) is 12.1 Å². The molecule has 0 saturated carbocycles. The summed E-state index contributed by atoms with van der Waals surface area (Å²) in [5.74, 6) is -1.48. The zero-order valence-electron chi connectivity index (χ0n) is 17.8. The molecule has 2 atom stereocenters. The van der Waals surface area contributed by atoms with E-state index < -0.39 is 23.3 Å². The van der Waals surface area contributed by atoms with Crippen LogP contribution in [0.2, 0.25) is 0 Å². The quantitative estimate of drug-likeness (QED) is 0.420.